The number of hydrogen-bond donors (Lipinski definition) is 1. The number of rotatable bonds is 6. The second kappa shape index (κ2) is 7.18. The predicted molar refractivity (Wildman–Crippen MR) is 85.3 cm³/mol. The van der Waals surface area contributed by atoms with Crippen LogP contribution in [0.2, 0.25) is 0 Å². The van der Waals surface area contributed by atoms with Gasteiger partial charge in [0.05, 0.1) is 22.5 Å². The molecule has 2 rings (SSSR count). The highest BCUT2D eigenvalue weighted by molar-refractivity contribution is 6.05. The van der Waals surface area contributed by atoms with Crippen molar-refractivity contribution in [2.24, 2.45) is 0 Å². The maximum absolute atomic E-state index is 12.1. The molecule has 0 aliphatic heterocycles. The highest BCUT2D eigenvalue weighted by atomic mass is 16.6. The number of amides is 1. The van der Waals surface area contributed by atoms with Crippen molar-refractivity contribution in [3.63, 3.8) is 0 Å². The van der Waals surface area contributed by atoms with E-state index in [9.17, 15) is 25.0 Å². The Balaban J connectivity index is 2.24. The van der Waals surface area contributed by atoms with Crippen LogP contribution in [-0.2, 0) is 0 Å². The van der Waals surface area contributed by atoms with Crippen molar-refractivity contribution in [3.05, 3.63) is 68.3 Å². The van der Waals surface area contributed by atoms with Gasteiger partial charge in [0, 0.05) is 17.7 Å². The minimum atomic E-state index is -0.631. The van der Waals surface area contributed by atoms with Crippen LogP contribution in [0.4, 0.5) is 17.1 Å². The van der Waals surface area contributed by atoms with E-state index in [1.54, 1.807) is 6.92 Å². The molecule has 0 spiro atoms. The summed E-state index contributed by atoms with van der Waals surface area (Å²) in [6.45, 7) is 2.10. The molecule has 24 heavy (non-hydrogen) atoms. The van der Waals surface area contributed by atoms with Crippen LogP contribution in [0.3, 0.4) is 0 Å². The predicted octanol–water partition coefficient (Wildman–Crippen LogP) is 3.15. The summed E-state index contributed by atoms with van der Waals surface area (Å²) in [6, 6.07) is 8.99. The Bertz CT molecular complexity index is 788. The van der Waals surface area contributed by atoms with Crippen molar-refractivity contribution in [2.45, 2.75) is 6.92 Å². The molecule has 1 amide bonds. The monoisotopic (exact) mass is 331 g/mol. The Morgan fingerprint density at radius 3 is 2.29 bits per heavy atom. The van der Waals surface area contributed by atoms with Gasteiger partial charge in [-0.1, -0.05) is 0 Å². The molecule has 2 aromatic rings. The van der Waals surface area contributed by atoms with Crippen molar-refractivity contribution >= 4 is 23.0 Å². The number of carbonyl (C=O) groups is 1. The largest absolute Gasteiger partial charge is 0.494 e. The van der Waals surface area contributed by atoms with Crippen LogP contribution < -0.4 is 10.1 Å². The summed E-state index contributed by atoms with van der Waals surface area (Å²) in [5, 5.41) is 24.2. The second-order valence-corrected chi connectivity index (χ2v) is 4.63. The van der Waals surface area contributed by atoms with Gasteiger partial charge in [-0.15, -0.1) is 0 Å². The molecule has 9 nitrogen and oxygen atoms in total. The molecule has 0 fully saturated rings. The van der Waals surface area contributed by atoms with Gasteiger partial charge in [-0.2, -0.15) is 0 Å². The molecule has 0 aliphatic rings. The van der Waals surface area contributed by atoms with Gasteiger partial charge in [0.1, 0.15) is 11.4 Å². The fourth-order valence-electron chi connectivity index (χ4n) is 1.95. The van der Waals surface area contributed by atoms with Gasteiger partial charge in [0.25, 0.3) is 17.3 Å². The normalized spacial score (nSPS) is 10.0. The highest BCUT2D eigenvalue weighted by Gasteiger charge is 2.18. The summed E-state index contributed by atoms with van der Waals surface area (Å²) < 4.78 is 5.20. The molecule has 0 bridgehead atoms. The molecule has 0 aromatic heterocycles. The molecule has 0 saturated heterocycles. The molecule has 124 valence electrons. The molecule has 2 aromatic carbocycles. The van der Waals surface area contributed by atoms with Crippen LogP contribution in [0.1, 0.15) is 17.3 Å². The molecule has 0 radical (unpaired) electrons. The summed E-state index contributed by atoms with van der Waals surface area (Å²) in [4.78, 5) is 32.7. The van der Waals surface area contributed by atoms with Gasteiger partial charge in [0.2, 0.25) is 0 Å². The third kappa shape index (κ3) is 3.83. The average Bonchev–Trinajstić information content (AvgIpc) is 2.56. The van der Waals surface area contributed by atoms with E-state index in [0.29, 0.717) is 12.4 Å². The van der Waals surface area contributed by atoms with Crippen molar-refractivity contribution in [3.8, 4) is 5.75 Å². The van der Waals surface area contributed by atoms with E-state index in [0.717, 1.165) is 0 Å². The number of nitro benzene ring substituents is 2. The number of non-ortho nitro benzene ring substituents is 1. The van der Waals surface area contributed by atoms with E-state index < -0.39 is 15.8 Å². The van der Waals surface area contributed by atoms with Gasteiger partial charge in [-0.05, 0) is 31.2 Å². The van der Waals surface area contributed by atoms with Crippen molar-refractivity contribution in [2.75, 3.05) is 11.9 Å². The van der Waals surface area contributed by atoms with Crippen molar-refractivity contribution < 1.29 is 19.4 Å². The Kier molecular flexibility index (Phi) is 5.05. The van der Waals surface area contributed by atoms with E-state index in [4.69, 9.17) is 4.74 Å². The zero-order valence-electron chi connectivity index (χ0n) is 12.6. The minimum Gasteiger partial charge on any atom is -0.494 e. The van der Waals surface area contributed by atoms with E-state index >= 15 is 0 Å². The Morgan fingerprint density at radius 1 is 1.08 bits per heavy atom. The Labute approximate surface area is 136 Å². The maximum atomic E-state index is 12.1. The van der Waals surface area contributed by atoms with Crippen LogP contribution in [-0.4, -0.2) is 22.4 Å². The van der Waals surface area contributed by atoms with Crippen molar-refractivity contribution in [1.82, 2.24) is 0 Å². The Hall–Kier alpha value is -3.49. The van der Waals surface area contributed by atoms with Gasteiger partial charge in [-0.3, -0.25) is 25.0 Å². The first-order valence-electron chi connectivity index (χ1n) is 6.89. The molecule has 1 N–H and O–H groups in total. The number of benzene rings is 2. The minimum absolute atomic E-state index is 0.00630. The first-order valence-corrected chi connectivity index (χ1v) is 6.89. The molecule has 0 unspecified atom stereocenters. The van der Waals surface area contributed by atoms with Crippen LogP contribution in [0, 0.1) is 20.2 Å². The lowest BCUT2D eigenvalue weighted by Crippen LogP contribution is -2.13. The third-order valence-corrected chi connectivity index (χ3v) is 3.07. The smallest absolute Gasteiger partial charge is 0.296 e. The molecular weight excluding hydrogens is 318 g/mol. The van der Waals surface area contributed by atoms with Crippen LogP contribution in [0.25, 0.3) is 0 Å². The number of nitro groups is 2. The summed E-state index contributed by atoms with van der Waals surface area (Å²) >= 11 is 0. The lowest BCUT2D eigenvalue weighted by atomic mass is 10.2. The number of ether oxygens (including phenoxy) is 1. The second-order valence-electron chi connectivity index (χ2n) is 4.63. The fourth-order valence-corrected chi connectivity index (χ4v) is 1.95. The number of nitrogens with one attached hydrogen (secondary N) is 1. The fraction of sp³-hybridized carbons (Fsp3) is 0.133. The summed E-state index contributed by atoms with van der Waals surface area (Å²) in [7, 11) is 0. The van der Waals surface area contributed by atoms with Gasteiger partial charge < -0.3 is 10.1 Å². The number of anilines is 1. The SMILES string of the molecule is CCOc1ccc(NC(=O)c2ccc([N+](=O)[O-])cc2)c([N+](=O)[O-])c1. The summed E-state index contributed by atoms with van der Waals surface area (Å²) in [5.41, 5.74) is -0.314. The van der Waals surface area contributed by atoms with E-state index in [-0.39, 0.29) is 22.6 Å². The molecular formula is C15H13N3O6. The first kappa shape index (κ1) is 16.9. The number of carbonyl (C=O) groups excluding carboxylic acids is 1. The molecule has 0 heterocycles. The van der Waals surface area contributed by atoms with Crippen LogP contribution >= 0.6 is 0 Å². The van der Waals surface area contributed by atoms with E-state index in [1.165, 1.54) is 42.5 Å². The molecule has 0 aliphatic carbocycles. The molecule has 9 heteroatoms. The van der Waals surface area contributed by atoms with E-state index in [2.05, 4.69) is 5.32 Å². The topological polar surface area (TPSA) is 125 Å². The number of nitrogens with zero attached hydrogens (tertiary/aromatic N) is 2. The quantitative estimate of drug-likeness (QED) is 0.640. The van der Waals surface area contributed by atoms with Crippen LogP contribution in [0.15, 0.2) is 42.5 Å². The Morgan fingerprint density at radius 2 is 1.75 bits per heavy atom. The number of hydrogen-bond acceptors (Lipinski definition) is 6. The standard InChI is InChI=1S/C15H13N3O6/c1-2-24-12-7-8-13(14(9-12)18(22)23)16-15(19)10-3-5-11(6-4-10)17(20)21/h3-9H,2H2,1H3,(H,16,19). The lowest BCUT2D eigenvalue weighted by molar-refractivity contribution is -0.384. The summed E-state index contributed by atoms with van der Waals surface area (Å²) in [6.07, 6.45) is 0. The van der Waals surface area contributed by atoms with Gasteiger partial charge in [-0.25, -0.2) is 0 Å². The zero-order valence-corrected chi connectivity index (χ0v) is 12.6. The highest BCUT2D eigenvalue weighted by Crippen LogP contribution is 2.29. The summed E-state index contributed by atoms with van der Waals surface area (Å²) in [5.74, 6) is -0.297. The zero-order chi connectivity index (χ0) is 17.7. The molecule has 0 saturated carbocycles. The van der Waals surface area contributed by atoms with Gasteiger partial charge >= 0.3 is 0 Å². The average molecular weight is 331 g/mol. The lowest BCUT2D eigenvalue weighted by Gasteiger charge is -2.08. The van der Waals surface area contributed by atoms with Gasteiger partial charge in [0.15, 0.2) is 0 Å². The molecule has 0 atom stereocenters. The maximum Gasteiger partial charge on any atom is 0.296 e. The van der Waals surface area contributed by atoms with Crippen LogP contribution in [0.5, 0.6) is 5.75 Å². The van der Waals surface area contributed by atoms with E-state index in [1.807, 2.05) is 0 Å². The van der Waals surface area contributed by atoms with Crippen molar-refractivity contribution in [1.29, 1.82) is 0 Å². The first-order chi connectivity index (χ1) is 11.4. The third-order valence-electron chi connectivity index (χ3n) is 3.07.